The highest BCUT2D eigenvalue weighted by Gasteiger charge is 2.28. The van der Waals surface area contributed by atoms with E-state index >= 15 is 0 Å². The maximum absolute atomic E-state index is 12.6. The summed E-state index contributed by atoms with van der Waals surface area (Å²) in [5.41, 5.74) is 0. The predicted octanol–water partition coefficient (Wildman–Crippen LogP) is 1.33. The van der Waals surface area contributed by atoms with Crippen LogP contribution in [0.5, 0.6) is 0 Å². The number of rotatable bonds is 7. The summed E-state index contributed by atoms with van der Waals surface area (Å²) < 4.78 is 1.61. The van der Waals surface area contributed by atoms with Crippen molar-refractivity contribution >= 4 is 22.8 Å². The predicted molar refractivity (Wildman–Crippen MR) is 87.2 cm³/mol. The number of nitrogens with one attached hydrogen (secondary N) is 1. The van der Waals surface area contributed by atoms with E-state index in [0.717, 1.165) is 37.6 Å². The number of aryl methyl sites for hydroxylation is 1. The van der Waals surface area contributed by atoms with Gasteiger partial charge in [-0.05, 0) is 50.1 Å². The smallest absolute Gasteiger partial charge is 0.290 e. The van der Waals surface area contributed by atoms with E-state index in [-0.39, 0.29) is 29.7 Å². The van der Waals surface area contributed by atoms with Crippen molar-refractivity contribution in [2.45, 2.75) is 63.8 Å². The largest absolute Gasteiger partial charge is 0.323 e. The number of ketones is 1. The zero-order valence-electron chi connectivity index (χ0n) is 13.9. The molecule has 8 nitrogen and oxygen atoms in total. The minimum absolute atomic E-state index is 0.0594. The fraction of sp³-hybridized carbons (Fsp3) is 0.786. The molecule has 2 rings (SSSR count). The van der Waals surface area contributed by atoms with E-state index in [4.69, 9.17) is 0 Å². The van der Waals surface area contributed by atoms with E-state index in [0.29, 0.717) is 11.7 Å². The van der Waals surface area contributed by atoms with Crippen molar-refractivity contribution in [3.05, 3.63) is 0 Å². The van der Waals surface area contributed by atoms with E-state index in [1.807, 2.05) is 20.8 Å². The fourth-order valence-corrected chi connectivity index (χ4v) is 3.31. The third kappa shape index (κ3) is 4.74. The molecule has 1 aromatic rings. The molecule has 2 heterocycles. The number of thioether (sulfide) groups is 1. The molecule has 1 fully saturated rings. The van der Waals surface area contributed by atoms with Crippen molar-refractivity contribution < 1.29 is 9.59 Å². The highest BCUT2D eigenvalue weighted by atomic mass is 32.2. The topological polar surface area (TPSA) is 93.0 Å². The molecule has 23 heavy (non-hydrogen) atoms. The molecule has 1 aromatic heterocycles. The Morgan fingerprint density at radius 1 is 1.48 bits per heavy atom. The first kappa shape index (κ1) is 17.9. The number of amides is 1. The lowest BCUT2D eigenvalue weighted by atomic mass is 10.1. The van der Waals surface area contributed by atoms with Gasteiger partial charge < -0.3 is 10.2 Å². The van der Waals surface area contributed by atoms with Gasteiger partial charge in [-0.25, -0.2) is 4.68 Å². The molecule has 0 spiro atoms. The molecular weight excluding hydrogens is 316 g/mol. The van der Waals surface area contributed by atoms with Crippen molar-refractivity contribution in [1.29, 1.82) is 0 Å². The van der Waals surface area contributed by atoms with Crippen molar-refractivity contribution in [3.8, 4) is 0 Å². The molecule has 0 radical (unpaired) electrons. The first-order valence-electron chi connectivity index (χ1n) is 8.03. The number of carbonyl (C=O) groups is 2. The number of nitrogens with zero attached hydrogens (tertiary/aromatic N) is 5. The SMILES string of the molecule is CCCn1nnnc1SC(=O)N(CC(=O)[C@@H]1CCCN1)C(C)C. The normalized spacial score (nSPS) is 17.7. The van der Waals surface area contributed by atoms with Crippen LogP contribution in [0.15, 0.2) is 5.16 Å². The van der Waals surface area contributed by atoms with Crippen molar-refractivity contribution in [2.24, 2.45) is 0 Å². The van der Waals surface area contributed by atoms with Gasteiger partial charge in [0.15, 0.2) is 5.78 Å². The average Bonchev–Trinajstić information content (AvgIpc) is 3.17. The van der Waals surface area contributed by atoms with E-state index in [2.05, 4.69) is 20.8 Å². The van der Waals surface area contributed by atoms with Crippen molar-refractivity contribution in [3.63, 3.8) is 0 Å². The van der Waals surface area contributed by atoms with Gasteiger partial charge in [0, 0.05) is 24.3 Å². The summed E-state index contributed by atoms with van der Waals surface area (Å²) in [7, 11) is 0. The highest BCUT2D eigenvalue weighted by Crippen LogP contribution is 2.20. The molecule has 128 valence electrons. The van der Waals surface area contributed by atoms with Crippen LogP contribution in [-0.4, -0.2) is 61.3 Å². The number of hydrogen-bond donors (Lipinski definition) is 1. The minimum atomic E-state index is -0.196. The summed E-state index contributed by atoms with van der Waals surface area (Å²) in [6, 6.07) is -0.185. The first-order chi connectivity index (χ1) is 11.0. The number of hydrogen-bond acceptors (Lipinski definition) is 7. The summed E-state index contributed by atoms with van der Waals surface area (Å²) in [5.74, 6) is 0.0679. The van der Waals surface area contributed by atoms with Crippen LogP contribution in [-0.2, 0) is 11.3 Å². The number of aromatic nitrogens is 4. The standard InChI is InChI=1S/C14H24N6O2S/c1-4-8-20-13(16-17-18-20)23-14(22)19(10(2)3)9-12(21)11-6-5-7-15-11/h10-11,15H,4-9H2,1-3H3/t11-/m0/s1. The second kappa shape index (κ2) is 8.39. The van der Waals surface area contributed by atoms with Crippen LogP contribution in [0.2, 0.25) is 0 Å². The Kier molecular flexibility index (Phi) is 6.52. The molecular formula is C14H24N6O2S. The molecule has 0 bridgehead atoms. The molecule has 1 N–H and O–H groups in total. The molecule has 1 saturated heterocycles. The number of tetrazole rings is 1. The lowest BCUT2D eigenvalue weighted by Gasteiger charge is -2.26. The maximum Gasteiger partial charge on any atom is 0.290 e. The summed E-state index contributed by atoms with van der Waals surface area (Å²) in [4.78, 5) is 26.5. The van der Waals surface area contributed by atoms with Crippen LogP contribution in [0.25, 0.3) is 0 Å². The molecule has 0 unspecified atom stereocenters. The van der Waals surface area contributed by atoms with Crippen molar-refractivity contribution in [2.75, 3.05) is 13.1 Å². The summed E-state index contributed by atoms with van der Waals surface area (Å²) >= 11 is 0.979. The van der Waals surface area contributed by atoms with Crippen LogP contribution >= 0.6 is 11.8 Å². The zero-order valence-corrected chi connectivity index (χ0v) is 14.7. The van der Waals surface area contributed by atoms with E-state index in [1.165, 1.54) is 0 Å². The third-order valence-corrected chi connectivity index (χ3v) is 4.63. The van der Waals surface area contributed by atoms with Gasteiger partial charge in [-0.1, -0.05) is 6.92 Å². The first-order valence-corrected chi connectivity index (χ1v) is 8.85. The van der Waals surface area contributed by atoms with Gasteiger partial charge in [0.1, 0.15) is 0 Å². The second-order valence-electron chi connectivity index (χ2n) is 5.89. The maximum atomic E-state index is 12.6. The van der Waals surface area contributed by atoms with Crippen molar-refractivity contribution in [1.82, 2.24) is 30.4 Å². The Morgan fingerprint density at radius 3 is 2.87 bits per heavy atom. The Labute approximate surface area is 140 Å². The molecule has 0 saturated carbocycles. The molecule has 1 atom stereocenters. The molecule has 1 aliphatic heterocycles. The number of carbonyl (C=O) groups excluding carboxylic acids is 2. The van der Waals surface area contributed by atoms with Gasteiger partial charge in [-0.15, -0.1) is 5.10 Å². The fourth-order valence-electron chi connectivity index (χ4n) is 2.45. The van der Waals surface area contributed by atoms with Gasteiger partial charge in [0.05, 0.1) is 12.6 Å². The summed E-state index contributed by atoms with van der Waals surface area (Å²) in [6.45, 7) is 7.48. The van der Waals surface area contributed by atoms with Crippen LogP contribution in [0.4, 0.5) is 4.79 Å². The third-order valence-electron chi connectivity index (χ3n) is 3.75. The van der Waals surface area contributed by atoms with Gasteiger partial charge in [0.25, 0.3) is 5.24 Å². The molecule has 1 aliphatic rings. The van der Waals surface area contributed by atoms with Gasteiger partial charge in [-0.3, -0.25) is 9.59 Å². The van der Waals surface area contributed by atoms with Crippen LogP contribution in [0.1, 0.15) is 40.0 Å². The zero-order chi connectivity index (χ0) is 16.8. The lowest BCUT2D eigenvalue weighted by Crippen LogP contribution is -2.44. The summed E-state index contributed by atoms with van der Waals surface area (Å²) in [5, 5.41) is 14.8. The van der Waals surface area contributed by atoms with E-state index in [1.54, 1.807) is 9.58 Å². The average molecular weight is 340 g/mol. The molecule has 9 heteroatoms. The quantitative estimate of drug-likeness (QED) is 0.748. The van der Waals surface area contributed by atoms with E-state index in [9.17, 15) is 9.59 Å². The summed E-state index contributed by atoms with van der Waals surface area (Å²) in [6.07, 6.45) is 2.74. The van der Waals surface area contributed by atoms with Crippen LogP contribution in [0.3, 0.4) is 0 Å². The highest BCUT2D eigenvalue weighted by molar-refractivity contribution is 8.13. The second-order valence-corrected chi connectivity index (χ2v) is 6.81. The lowest BCUT2D eigenvalue weighted by molar-refractivity contribution is -0.121. The molecule has 0 aromatic carbocycles. The van der Waals surface area contributed by atoms with Gasteiger partial charge in [0.2, 0.25) is 5.16 Å². The van der Waals surface area contributed by atoms with Crippen LogP contribution in [0, 0.1) is 0 Å². The number of Topliss-reactive ketones (excluding diaryl/α,β-unsaturated/α-hetero) is 1. The monoisotopic (exact) mass is 340 g/mol. The minimum Gasteiger partial charge on any atom is -0.323 e. The van der Waals surface area contributed by atoms with Crippen LogP contribution < -0.4 is 5.32 Å². The Bertz CT molecular complexity index is 541. The van der Waals surface area contributed by atoms with Gasteiger partial charge in [-0.2, -0.15) is 0 Å². The Hall–Kier alpha value is -1.48. The Balaban J connectivity index is 2.00. The molecule has 1 amide bonds. The van der Waals surface area contributed by atoms with Gasteiger partial charge >= 0.3 is 0 Å². The van der Waals surface area contributed by atoms with E-state index < -0.39 is 0 Å². The molecule has 0 aliphatic carbocycles. The Morgan fingerprint density at radius 2 is 2.26 bits per heavy atom.